The maximum atomic E-state index is 6.84. The third-order valence-electron chi connectivity index (χ3n) is 12.9. The van der Waals surface area contributed by atoms with Crippen molar-refractivity contribution in [2.24, 2.45) is 0 Å². The van der Waals surface area contributed by atoms with Gasteiger partial charge >= 0.3 is 0 Å². The summed E-state index contributed by atoms with van der Waals surface area (Å²) in [6, 6.07) is 55.7. The van der Waals surface area contributed by atoms with Gasteiger partial charge in [-0.3, -0.25) is 0 Å². The highest BCUT2D eigenvalue weighted by atomic mass is 16.3. The van der Waals surface area contributed by atoms with Gasteiger partial charge in [0.2, 0.25) is 0 Å². The summed E-state index contributed by atoms with van der Waals surface area (Å²) in [5, 5.41) is 9.49. The monoisotopic (exact) mass is 761 g/mol. The summed E-state index contributed by atoms with van der Waals surface area (Å²) >= 11 is 0. The Morgan fingerprint density at radius 1 is 0.333 bits per heavy atom. The molecule has 0 aliphatic carbocycles. The first kappa shape index (κ1) is 36.0. The molecule has 11 rings (SSSR count). The van der Waals surface area contributed by atoms with Crippen LogP contribution in [0.3, 0.4) is 0 Å². The van der Waals surface area contributed by atoms with Crippen molar-refractivity contribution in [3.05, 3.63) is 158 Å². The number of para-hydroxylation sites is 1. The Kier molecular flexibility index (Phi) is 8.42. The average molecular weight is 761 g/mol. The molecule has 0 unspecified atom stereocenters. The molecule has 0 saturated carbocycles. The number of aromatic nitrogens is 3. The lowest BCUT2D eigenvalue weighted by molar-refractivity contribution is 0.670. The number of fused-ring (bicyclic) bond motifs is 9. The Hall–Kier alpha value is -7.11. The van der Waals surface area contributed by atoms with Gasteiger partial charge in [0, 0.05) is 33.0 Å². The molecule has 60 heavy (non-hydrogen) atoms. The van der Waals surface area contributed by atoms with Crippen LogP contribution in [0.2, 0.25) is 0 Å². The van der Waals surface area contributed by atoms with E-state index < -0.39 is 0 Å². The standard InChI is InChI=1S/C51H36B5N3O/c52-43-41(44(53)46(55)47(56)45(43)54)29-13-8-14-30(25-29)50-57-49(27-11-2-1-3-12-27)58-51(59-50)38-21-10-22-40-42(38)37-20-9-19-31(48(37)60-40)28-23-24-36-34-17-5-4-15-32(34)33-16-6-7-18-35(33)39(36)26-28/h1-26H,52-56H2. The molecular weight excluding hydrogens is 725 g/mol. The smallest absolute Gasteiger partial charge is 0.164 e. The minimum absolute atomic E-state index is 0.599. The van der Waals surface area contributed by atoms with Gasteiger partial charge in [0.25, 0.3) is 0 Å². The van der Waals surface area contributed by atoms with E-state index in [1.54, 1.807) is 0 Å². The van der Waals surface area contributed by atoms with E-state index in [4.69, 9.17) is 19.4 Å². The summed E-state index contributed by atoms with van der Waals surface area (Å²) in [4.78, 5) is 15.6. The highest BCUT2D eigenvalue weighted by Crippen LogP contribution is 2.42. The second kappa shape index (κ2) is 14.0. The molecule has 276 valence electrons. The highest BCUT2D eigenvalue weighted by Gasteiger charge is 2.21. The van der Waals surface area contributed by atoms with Crippen LogP contribution in [0.1, 0.15) is 0 Å². The molecule has 0 fully saturated rings. The van der Waals surface area contributed by atoms with Gasteiger partial charge in [0.05, 0.1) is 0 Å². The highest BCUT2D eigenvalue weighted by molar-refractivity contribution is 6.68. The first-order valence-electron chi connectivity index (χ1n) is 20.6. The van der Waals surface area contributed by atoms with Crippen molar-refractivity contribution in [3.8, 4) is 56.4 Å². The van der Waals surface area contributed by atoms with E-state index in [0.29, 0.717) is 17.5 Å². The lowest BCUT2D eigenvalue weighted by Crippen LogP contribution is -2.55. The summed E-state index contributed by atoms with van der Waals surface area (Å²) in [7, 11) is 11.1. The number of hydrogen-bond donors (Lipinski definition) is 0. The van der Waals surface area contributed by atoms with Crippen LogP contribution in [0.5, 0.6) is 0 Å². The minimum Gasteiger partial charge on any atom is -0.455 e. The van der Waals surface area contributed by atoms with Gasteiger partial charge in [-0.1, -0.05) is 150 Å². The van der Waals surface area contributed by atoms with Gasteiger partial charge in [-0.05, 0) is 67.2 Å². The molecule has 0 radical (unpaired) electrons. The lowest BCUT2D eigenvalue weighted by Gasteiger charge is -2.20. The van der Waals surface area contributed by atoms with Gasteiger partial charge in [0.1, 0.15) is 50.4 Å². The van der Waals surface area contributed by atoms with Gasteiger partial charge in [0.15, 0.2) is 17.5 Å². The Labute approximate surface area is 352 Å². The zero-order chi connectivity index (χ0) is 40.6. The molecule has 9 heteroatoms. The summed E-state index contributed by atoms with van der Waals surface area (Å²) in [6.07, 6.45) is 0. The molecule has 11 aromatic rings. The first-order valence-corrected chi connectivity index (χ1v) is 20.6. The summed E-state index contributed by atoms with van der Waals surface area (Å²) in [6.45, 7) is 0. The lowest BCUT2D eigenvalue weighted by atomic mass is 9.59. The van der Waals surface area contributed by atoms with Crippen molar-refractivity contribution < 1.29 is 4.42 Å². The van der Waals surface area contributed by atoms with Crippen LogP contribution in [0.15, 0.2) is 162 Å². The fourth-order valence-electron chi connectivity index (χ4n) is 9.43. The fraction of sp³-hybridized carbons (Fsp3) is 0. The molecule has 0 atom stereocenters. The Morgan fingerprint density at radius 2 is 0.833 bits per heavy atom. The molecule has 0 amide bonds. The van der Waals surface area contributed by atoms with Crippen molar-refractivity contribution in [2.75, 3.05) is 0 Å². The van der Waals surface area contributed by atoms with E-state index >= 15 is 0 Å². The van der Waals surface area contributed by atoms with Crippen LogP contribution in [-0.2, 0) is 0 Å². The maximum absolute atomic E-state index is 6.84. The van der Waals surface area contributed by atoms with Gasteiger partial charge in [-0.2, -0.15) is 0 Å². The fourth-order valence-corrected chi connectivity index (χ4v) is 9.43. The van der Waals surface area contributed by atoms with Crippen molar-refractivity contribution in [1.82, 2.24) is 15.0 Å². The summed E-state index contributed by atoms with van der Waals surface area (Å²) < 4.78 is 6.84. The zero-order valence-corrected chi connectivity index (χ0v) is 34.3. The zero-order valence-electron chi connectivity index (χ0n) is 34.3. The topological polar surface area (TPSA) is 51.8 Å². The third-order valence-corrected chi connectivity index (χ3v) is 12.9. The predicted molar refractivity (Wildman–Crippen MR) is 268 cm³/mol. The van der Waals surface area contributed by atoms with Crippen LogP contribution >= 0.6 is 0 Å². The number of furan rings is 1. The largest absolute Gasteiger partial charge is 0.455 e. The normalized spacial score (nSPS) is 11.7. The minimum atomic E-state index is 0.599. The molecular formula is C51H36B5N3O. The predicted octanol–water partition coefficient (Wildman–Crippen LogP) is 4.86. The van der Waals surface area contributed by atoms with Gasteiger partial charge in [-0.15, -0.1) is 16.4 Å². The summed E-state index contributed by atoms with van der Waals surface area (Å²) in [5.74, 6) is 1.84. The molecule has 0 aliphatic heterocycles. The van der Waals surface area contributed by atoms with E-state index in [0.717, 1.165) is 55.3 Å². The molecule has 0 saturated heterocycles. The average Bonchev–Trinajstić information content (AvgIpc) is 3.70. The molecule has 0 bridgehead atoms. The van der Waals surface area contributed by atoms with E-state index in [-0.39, 0.29) is 0 Å². The number of benzene rings is 9. The number of hydrogen-bond acceptors (Lipinski definition) is 4. The third kappa shape index (κ3) is 5.64. The Balaban J connectivity index is 1.10. The maximum Gasteiger partial charge on any atom is 0.164 e. The van der Waals surface area contributed by atoms with Crippen LogP contribution in [0, 0.1) is 0 Å². The summed E-state index contributed by atoms with van der Waals surface area (Å²) in [5.41, 5.74) is 15.6. The van der Waals surface area contributed by atoms with Crippen LogP contribution < -0.4 is 27.3 Å². The molecule has 0 spiro atoms. The van der Waals surface area contributed by atoms with E-state index in [9.17, 15) is 0 Å². The molecule has 0 N–H and O–H groups in total. The van der Waals surface area contributed by atoms with E-state index in [1.165, 1.54) is 65.2 Å². The quantitative estimate of drug-likeness (QED) is 0.186. The van der Waals surface area contributed by atoms with Crippen molar-refractivity contribution in [3.63, 3.8) is 0 Å². The molecule has 0 aliphatic rings. The molecule has 2 heterocycles. The Bertz CT molecular complexity index is 3500. The van der Waals surface area contributed by atoms with Crippen LogP contribution in [0.4, 0.5) is 0 Å². The van der Waals surface area contributed by atoms with E-state index in [2.05, 4.69) is 167 Å². The van der Waals surface area contributed by atoms with Gasteiger partial charge in [-0.25, -0.2) is 15.0 Å². The molecule has 9 aromatic carbocycles. The number of nitrogens with zero attached hydrogens (tertiary/aromatic N) is 3. The molecule has 2 aromatic heterocycles. The van der Waals surface area contributed by atoms with Gasteiger partial charge < -0.3 is 4.42 Å². The van der Waals surface area contributed by atoms with Crippen LogP contribution in [-0.4, -0.2) is 54.2 Å². The first-order chi connectivity index (χ1) is 29.3. The van der Waals surface area contributed by atoms with E-state index in [1.807, 2.05) is 30.3 Å². The second-order valence-corrected chi connectivity index (χ2v) is 16.1. The SMILES string of the molecule is Bc1c(B)c(B)c(-c2cccc(-c3nc(-c4ccccc4)nc(-c4cccc5oc6c(-c7ccc8c9ccccc9c9ccccc9c8c7)cccc6c45)n3)c2)c(B)c1B. The van der Waals surface area contributed by atoms with Crippen molar-refractivity contribution in [2.45, 2.75) is 0 Å². The van der Waals surface area contributed by atoms with Crippen molar-refractivity contribution >= 4 is 121 Å². The van der Waals surface area contributed by atoms with Crippen molar-refractivity contribution in [1.29, 1.82) is 0 Å². The van der Waals surface area contributed by atoms with Crippen LogP contribution in [0.25, 0.3) is 111 Å². The Morgan fingerprint density at radius 3 is 1.53 bits per heavy atom. The number of rotatable bonds is 5. The second-order valence-electron chi connectivity index (χ2n) is 16.1. The molecule has 4 nitrogen and oxygen atoms in total.